The quantitative estimate of drug-likeness (QED) is 0.821. The molecule has 2 saturated heterocycles. The summed E-state index contributed by atoms with van der Waals surface area (Å²) in [5.74, 6) is 0.909. The van der Waals surface area contributed by atoms with Crippen LogP contribution in [0.4, 0.5) is 0 Å². The van der Waals surface area contributed by atoms with Crippen LogP contribution in [0.1, 0.15) is 37.4 Å². The molecule has 0 bridgehead atoms. The summed E-state index contributed by atoms with van der Waals surface area (Å²) < 4.78 is 1.87. The Morgan fingerprint density at radius 3 is 2.91 bits per heavy atom. The third kappa shape index (κ3) is 2.42. The molecule has 4 heterocycles. The predicted molar refractivity (Wildman–Crippen MR) is 79.2 cm³/mol. The number of aryl methyl sites for hydroxylation is 1. The first-order chi connectivity index (χ1) is 10.7. The Balaban J connectivity index is 1.42. The molecule has 22 heavy (non-hydrogen) atoms. The molecule has 7 nitrogen and oxygen atoms in total. The lowest BCUT2D eigenvalue weighted by Gasteiger charge is -2.27. The van der Waals surface area contributed by atoms with E-state index >= 15 is 0 Å². The maximum atomic E-state index is 12.9. The van der Waals surface area contributed by atoms with Gasteiger partial charge in [-0.2, -0.15) is 5.10 Å². The second-order valence-electron chi connectivity index (χ2n) is 6.70. The van der Waals surface area contributed by atoms with Gasteiger partial charge in [-0.15, -0.1) is 0 Å². The van der Waals surface area contributed by atoms with E-state index in [1.54, 1.807) is 6.33 Å². The fraction of sp³-hybridized carbons (Fsp3) is 0.800. The summed E-state index contributed by atoms with van der Waals surface area (Å²) >= 11 is 0. The van der Waals surface area contributed by atoms with Gasteiger partial charge in [-0.3, -0.25) is 9.69 Å². The zero-order valence-electron chi connectivity index (χ0n) is 12.8. The number of carbonyl (C=O) groups is 1. The zero-order valence-corrected chi connectivity index (χ0v) is 12.8. The highest BCUT2D eigenvalue weighted by Gasteiger charge is 2.38. The van der Waals surface area contributed by atoms with E-state index in [0.717, 1.165) is 64.2 Å². The number of hydrogen-bond acceptors (Lipinski definition) is 5. The molecule has 1 aromatic rings. The second kappa shape index (κ2) is 5.62. The number of likely N-dealkylation sites (tertiary alicyclic amines) is 2. The summed E-state index contributed by atoms with van der Waals surface area (Å²) in [6.45, 7) is 4.18. The van der Waals surface area contributed by atoms with E-state index in [2.05, 4.69) is 15.0 Å². The highest BCUT2D eigenvalue weighted by atomic mass is 16.3. The SMILES string of the molecule is O=C(C1CCCn2ncnc21)N1CCC(N2CCC(O)C2)C1. The fourth-order valence-corrected chi connectivity index (χ4v) is 4.08. The Bertz CT molecular complexity index is 560. The van der Waals surface area contributed by atoms with Crippen molar-refractivity contribution in [1.82, 2.24) is 24.6 Å². The minimum absolute atomic E-state index is 0.126. The van der Waals surface area contributed by atoms with Gasteiger partial charge < -0.3 is 10.0 Å². The molecule has 0 spiro atoms. The van der Waals surface area contributed by atoms with Gasteiger partial charge in [0.25, 0.3) is 0 Å². The average molecular weight is 305 g/mol. The van der Waals surface area contributed by atoms with Crippen LogP contribution >= 0.6 is 0 Å². The van der Waals surface area contributed by atoms with E-state index in [9.17, 15) is 9.90 Å². The number of hydrogen-bond donors (Lipinski definition) is 1. The molecule has 4 rings (SSSR count). The smallest absolute Gasteiger partial charge is 0.233 e. The molecular weight excluding hydrogens is 282 g/mol. The van der Waals surface area contributed by atoms with Gasteiger partial charge in [0.05, 0.1) is 12.0 Å². The molecule has 120 valence electrons. The molecule has 0 saturated carbocycles. The minimum Gasteiger partial charge on any atom is -0.392 e. The maximum Gasteiger partial charge on any atom is 0.233 e. The standard InChI is InChI=1S/C15H23N5O2/c21-12-4-7-18(9-12)11-3-6-19(8-11)15(22)13-2-1-5-20-14(13)16-10-17-20/h10-13,21H,1-9H2. The Labute approximate surface area is 129 Å². The monoisotopic (exact) mass is 305 g/mol. The number of amides is 1. The van der Waals surface area contributed by atoms with Crippen molar-refractivity contribution in [3.63, 3.8) is 0 Å². The third-order valence-electron chi connectivity index (χ3n) is 5.30. The summed E-state index contributed by atoms with van der Waals surface area (Å²) in [5, 5.41) is 13.9. The highest BCUT2D eigenvalue weighted by molar-refractivity contribution is 5.83. The van der Waals surface area contributed by atoms with Crippen molar-refractivity contribution in [2.75, 3.05) is 26.2 Å². The Kier molecular flexibility index (Phi) is 3.62. The van der Waals surface area contributed by atoms with E-state index in [1.807, 2.05) is 9.58 Å². The van der Waals surface area contributed by atoms with Crippen molar-refractivity contribution in [3.05, 3.63) is 12.2 Å². The summed E-state index contributed by atoms with van der Waals surface area (Å²) in [4.78, 5) is 21.5. The predicted octanol–water partition coefficient (Wildman–Crippen LogP) is -0.177. The lowest BCUT2D eigenvalue weighted by Crippen LogP contribution is -2.40. The Morgan fingerprint density at radius 2 is 2.09 bits per heavy atom. The van der Waals surface area contributed by atoms with Gasteiger partial charge >= 0.3 is 0 Å². The van der Waals surface area contributed by atoms with Gasteiger partial charge in [0.2, 0.25) is 5.91 Å². The number of nitrogens with zero attached hydrogens (tertiary/aromatic N) is 5. The van der Waals surface area contributed by atoms with Crippen molar-refractivity contribution in [3.8, 4) is 0 Å². The summed E-state index contributed by atoms with van der Waals surface area (Å²) in [5.41, 5.74) is 0. The van der Waals surface area contributed by atoms with Crippen molar-refractivity contribution in [2.45, 2.75) is 50.3 Å². The zero-order chi connectivity index (χ0) is 15.1. The molecule has 2 fully saturated rings. The highest BCUT2D eigenvalue weighted by Crippen LogP contribution is 2.29. The topological polar surface area (TPSA) is 74.5 Å². The number of fused-ring (bicyclic) bond motifs is 1. The van der Waals surface area contributed by atoms with Gasteiger partial charge in [-0.1, -0.05) is 0 Å². The normalized spacial score (nSPS) is 32.4. The van der Waals surface area contributed by atoms with E-state index < -0.39 is 0 Å². The lowest BCUT2D eigenvalue weighted by atomic mass is 9.97. The molecule has 0 aromatic carbocycles. The number of aromatic nitrogens is 3. The first-order valence-electron chi connectivity index (χ1n) is 8.31. The fourth-order valence-electron chi connectivity index (χ4n) is 4.08. The first-order valence-corrected chi connectivity index (χ1v) is 8.31. The van der Waals surface area contributed by atoms with Crippen molar-refractivity contribution >= 4 is 5.91 Å². The second-order valence-corrected chi connectivity index (χ2v) is 6.70. The average Bonchev–Trinajstić information content (AvgIpc) is 3.25. The minimum atomic E-state index is -0.193. The molecule has 3 aliphatic rings. The van der Waals surface area contributed by atoms with Crippen molar-refractivity contribution in [1.29, 1.82) is 0 Å². The van der Waals surface area contributed by atoms with E-state index in [0.29, 0.717) is 6.04 Å². The van der Waals surface area contributed by atoms with E-state index in [1.165, 1.54) is 0 Å². The number of rotatable bonds is 2. The van der Waals surface area contributed by atoms with Gasteiger partial charge in [0, 0.05) is 38.8 Å². The van der Waals surface area contributed by atoms with Gasteiger partial charge in [0.15, 0.2) is 0 Å². The molecule has 3 unspecified atom stereocenters. The largest absolute Gasteiger partial charge is 0.392 e. The van der Waals surface area contributed by atoms with Crippen LogP contribution in [0.2, 0.25) is 0 Å². The summed E-state index contributed by atoms with van der Waals surface area (Å²) in [7, 11) is 0. The molecule has 1 amide bonds. The number of aliphatic hydroxyl groups is 1. The van der Waals surface area contributed by atoms with Crippen LogP contribution in [-0.2, 0) is 11.3 Å². The summed E-state index contributed by atoms with van der Waals surface area (Å²) in [6, 6.07) is 0.405. The Morgan fingerprint density at radius 1 is 1.18 bits per heavy atom. The van der Waals surface area contributed by atoms with Crippen LogP contribution < -0.4 is 0 Å². The molecule has 7 heteroatoms. The number of aliphatic hydroxyl groups excluding tert-OH is 1. The maximum absolute atomic E-state index is 12.9. The van der Waals surface area contributed by atoms with Gasteiger partial charge in [-0.25, -0.2) is 9.67 Å². The van der Waals surface area contributed by atoms with Crippen LogP contribution in [0.5, 0.6) is 0 Å². The van der Waals surface area contributed by atoms with Crippen molar-refractivity contribution in [2.24, 2.45) is 0 Å². The molecule has 1 aromatic heterocycles. The van der Waals surface area contributed by atoms with Crippen LogP contribution in [-0.4, -0.2) is 73.9 Å². The molecule has 3 aliphatic heterocycles. The third-order valence-corrected chi connectivity index (χ3v) is 5.30. The molecular formula is C15H23N5O2. The lowest BCUT2D eigenvalue weighted by molar-refractivity contribution is -0.132. The molecule has 1 N–H and O–H groups in total. The molecule has 3 atom stereocenters. The number of carbonyl (C=O) groups excluding carboxylic acids is 1. The van der Waals surface area contributed by atoms with Crippen LogP contribution in [0.3, 0.4) is 0 Å². The summed E-state index contributed by atoms with van der Waals surface area (Å²) in [6.07, 6.45) is 5.10. The first kappa shape index (κ1) is 14.1. The van der Waals surface area contributed by atoms with Crippen LogP contribution in [0.15, 0.2) is 6.33 Å². The molecule has 0 radical (unpaired) electrons. The Hall–Kier alpha value is -1.47. The van der Waals surface area contributed by atoms with E-state index in [-0.39, 0.29) is 17.9 Å². The van der Waals surface area contributed by atoms with Gasteiger partial charge in [0.1, 0.15) is 12.2 Å². The van der Waals surface area contributed by atoms with Gasteiger partial charge in [-0.05, 0) is 25.7 Å². The van der Waals surface area contributed by atoms with E-state index in [4.69, 9.17) is 0 Å². The van der Waals surface area contributed by atoms with Crippen molar-refractivity contribution < 1.29 is 9.90 Å². The molecule has 0 aliphatic carbocycles. The van der Waals surface area contributed by atoms with Crippen LogP contribution in [0, 0.1) is 0 Å². The number of β-amino-alcohol motifs (C(OH)–C–C–N with tert-alkyl or cyclic N) is 1. The van der Waals surface area contributed by atoms with Crippen LogP contribution in [0.25, 0.3) is 0 Å².